The molecule has 1 unspecified atom stereocenters. The Bertz CT molecular complexity index is 710. The SMILES string of the molecule is Cc1ccc(S(=O)(=O)N2CCC3(CNC(=O)CO3)C2)cc1Cl. The summed E-state index contributed by atoms with van der Waals surface area (Å²) in [5.74, 6) is -0.169. The number of nitrogens with one attached hydrogen (secondary N) is 1. The highest BCUT2D eigenvalue weighted by Crippen LogP contribution is 2.32. The van der Waals surface area contributed by atoms with Gasteiger partial charge in [-0.15, -0.1) is 0 Å². The Balaban J connectivity index is 1.82. The highest BCUT2D eigenvalue weighted by Gasteiger charge is 2.46. The number of hydrogen-bond donors (Lipinski definition) is 1. The molecule has 1 N–H and O–H groups in total. The molecule has 1 spiro atoms. The minimum atomic E-state index is -3.61. The van der Waals surface area contributed by atoms with E-state index in [-0.39, 0.29) is 24.0 Å². The van der Waals surface area contributed by atoms with E-state index in [1.54, 1.807) is 12.1 Å². The number of benzene rings is 1. The van der Waals surface area contributed by atoms with Crippen LogP contribution in [-0.4, -0.2) is 50.5 Å². The maximum Gasteiger partial charge on any atom is 0.246 e. The Labute approximate surface area is 134 Å². The number of rotatable bonds is 2. The Morgan fingerprint density at radius 3 is 2.82 bits per heavy atom. The number of carbonyl (C=O) groups excluding carboxylic acids is 1. The molecule has 120 valence electrons. The predicted octanol–water partition coefficient (Wildman–Crippen LogP) is 0.928. The summed E-state index contributed by atoms with van der Waals surface area (Å²) in [6.07, 6.45) is 0.562. The van der Waals surface area contributed by atoms with Gasteiger partial charge < -0.3 is 10.1 Å². The number of aryl methyl sites for hydroxylation is 1. The molecule has 1 atom stereocenters. The molecular formula is C14H17ClN2O4S. The largest absolute Gasteiger partial charge is 0.362 e. The van der Waals surface area contributed by atoms with Crippen LogP contribution in [0, 0.1) is 6.92 Å². The average Bonchev–Trinajstić information content (AvgIpc) is 2.90. The Hall–Kier alpha value is -1.15. The number of ether oxygens (including phenoxy) is 1. The van der Waals surface area contributed by atoms with Crippen molar-refractivity contribution >= 4 is 27.5 Å². The highest BCUT2D eigenvalue weighted by atomic mass is 35.5. The zero-order valence-corrected chi connectivity index (χ0v) is 13.7. The molecular weight excluding hydrogens is 328 g/mol. The van der Waals surface area contributed by atoms with Gasteiger partial charge in [0.05, 0.1) is 4.90 Å². The molecule has 22 heavy (non-hydrogen) atoms. The summed E-state index contributed by atoms with van der Waals surface area (Å²) < 4.78 is 32.4. The van der Waals surface area contributed by atoms with Gasteiger partial charge in [-0.25, -0.2) is 8.42 Å². The molecule has 1 aromatic rings. The normalized spacial score (nSPS) is 26.4. The first-order chi connectivity index (χ1) is 10.3. The summed E-state index contributed by atoms with van der Waals surface area (Å²) in [6.45, 7) is 2.74. The lowest BCUT2D eigenvalue weighted by Crippen LogP contribution is -2.54. The van der Waals surface area contributed by atoms with Crippen LogP contribution in [0.3, 0.4) is 0 Å². The number of hydrogen-bond acceptors (Lipinski definition) is 4. The molecule has 2 heterocycles. The van der Waals surface area contributed by atoms with Crippen molar-refractivity contribution in [1.29, 1.82) is 0 Å². The van der Waals surface area contributed by atoms with Crippen molar-refractivity contribution in [3.05, 3.63) is 28.8 Å². The monoisotopic (exact) mass is 344 g/mol. The van der Waals surface area contributed by atoms with E-state index in [2.05, 4.69) is 5.32 Å². The summed E-state index contributed by atoms with van der Waals surface area (Å²) >= 11 is 6.03. The zero-order valence-electron chi connectivity index (χ0n) is 12.1. The Kier molecular flexibility index (Phi) is 3.92. The fraction of sp³-hybridized carbons (Fsp3) is 0.500. The van der Waals surface area contributed by atoms with Crippen LogP contribution in [0.1, 0.15) is 12.0 Å². The van der Waals surface area contributed by atoms with Gasteiger partial charge in [-0.1, -0.05) is 17.7 Å². The van der Waals surface area contributed by atoms with Gasteiger partial charge >= 0.3 is 0 Å². The summed E-state index contributed by atoms with van der Waals surface area (Å²) in [7, 11) is -3.61. The van der Waals surface area contributed by atoms with Crippen molar-refractivity contribution in [3.8, 4) is 0 Å². The Morgan fingerprint density at radius 2 is 2.18 bits per heavy atom. The number of morpholine rings is 1. The second-order valence-corrected chi connectivity index (χ2v) is 8.09. The van der Waals surface area contributed by atoms with E-state index in [0.717, 1.165) is 5.56 Å². The summed E-state index contributed by atoms with van der Waals surface area (Å²) in [5, 5.41) is 3.16. The van der Waals surface area contributed by atoms with Crippen LogP contribution in [0.25, 0.3) is 0 Å². The predicted molar refractivity (Wildman–Crippen MR) is 81.3 cm³/mol. The average molecular weight is 345 g/mol. The van der Waals surface area contributed by atoms with Crippen molar-refractivity contribution in [1.82, 2.24) is 9.62 Å². The number of sulfonamides is 1. The molecule has 0 saturated carbocycles. The standard InChI is InChI=1S/C14H17ClN2O4S/c1-10-2-3-11(6-12(10)15)22(19,20)17-5-4-14(9-17)8-16-13(18)7-21-14/h2-3,6H,4-5,7-9H2,1H3,(H,16,18). The Morgan fingerprint density at radius 1 is 1.41 bits per heavy atom. The van der Waals surface area contributed by atoms with Gasteiger partial charge in [-0.05, 0) is 31.0 Å². The quantitative estimate of drug-likeness (QED) is 0.866. The van der Waals surface area contributed by atoms with Crippen molar-refractivity contribution in [2.45, 2.75) is 23.8 Å². The van der Waals surface area contributed by atoms with Gasteiger partial charge in [-0.2, -0.15) is 4.31 Å². The van der Waals surface area contributed by atoms with E-state index in [9.17, 15) is 13.2 Å². The zero-order chi connectivity index (χ0) is 16.0. The number of halogens is 1. The summed E-state index contributed by atoms with van der Waals surface area (Å²) in [5.41, 5.74) is 0.215. The van der Waals surface area contributed by atoms with Gasteiger partial charge in [0.2, 0.25) is 15.9 Å². The minimum absolute atomic E-state index is 0.0236. The third kappa shape index (κ3) is 2.74. The first-order valence-corrected chi connectivity index (χ1v) is 8.81. The van der Waals surface area contributed by atoms with E-state index >= 15 is 0 Å². The molecule has 6 nitrogen and oxygen atoms in total. The minimum Gasteiger partial charge on any atom is -0.362 e. The second-order valence-electron chi connectivity index (χ2n) is 5.75. The van der Waals surface area contributed by atoms with Gasteiger partial charge in [-0.3, -0.25) is 4.79 Å². The van der Waals surface area contributed by atoms with Gasteiger partial charge in [0.25, 0.3) is 0 Å². The lowest BCUT2D eigenvalue weighted by Gasteiger charge is -2.33. The van der Waals surface area contributed by atoms with E-state index < -0.39 is 15.6 Å². The molecule has 0 aliphatic carbocycles. The maximum atomic E-state index is 12.7. The van der Waals surface area contributed by atoms with Crippen molar-refractivity contribution in [3.63, 3.8) is 0 Å². The first kappa shape index (κ1) is 15.7. The van der Waals surface area contributed by atoms with Crippen LogP contribution in [0.5, 0.6) is 0 Å². The molecule has 2 fully saturated rings. The molecule has 1 amide bonds. The lowest BCUT2D eigenvalue weighted by molar-refractivity contribution is -0.141. The number of amides is 1. The fourth-order valence-electron chi connectivity index (χ4n) is 2.74. The molecule has 2 aliphatic rings. The third-order valence-electron chi connectivity index (χ3n) is 4.18. The second kappa shape index (κ2) is 5.49. The van der Waals surface area contributed by atoms with Crippen LogP contribution >= 0.6 is 11.6 Å². The van der Waals surface area contributed by atoms with Crippen molar-refractivity contribution < 1.29 is 17.9 Å². The van der Waals surface area contributed by atoms with E-state index in [1.807, 2.05) is 6.92 Å². The molecule has 3 rings (SSSR count). The van der Waals surface area contributed by atoms with Gasteiger partial charge in [0, 0.05) is 24.7 Å². The van der Waals surface area contributed by atoms with Crippen LogP contribution < -0.4 is 5.32 Å². The summed E-state index contributed by atoms with van der Waals surface area (Å²) in [6, 6.07) is 4.73. The van der Waals surface area contributed by atoms with Gasteiger partial charge in [0.15, 0.2) is 0 Å². The number of nitrogens with zero attached hydrogens (tertiary/aromatic N) is 1. The molecule has 8 heteroatoms. The molecule has 0 bridgehead atoms. The van der Waals surface area contributed by atoms with Crippen LogP contribution in [0.4, 0.5) is 0 Å². The molecule has 0 radical (unpaired) electrons. The lowest BCUT2D eigenvalue weighted by atomic mass is 10.0. The third-order valence-corrected chi connectivity index (χ3v) is 6.43. The van der Waals surface area contributed by atoms with E-state index in [1.165, 1.54) is 10.4 Å². The van der Waals surface area contributed by atoms with E-state index in [0.29, 0.717) is 24.5 Å². The van der Waals surface area contributed by atoms with Crippen LogP contribution in [0.2, 0.25) is 5.02 Å². The van der Waals surface area contributed by atoms with Crippen molar-refractivity contribution in [2.24, 2.45) is 0 Å². The topological polar surface area (TPSA) is 75.7 Å². The molecule has 2 aliphatic heterocycles. The number of carbonyl (C=O) groups is 1. The maximum absolute atomic E-state index is 12.7. The van der Waals surface area contributed by atoms with Crippen molar-refractivity contribution in [2.75, 3.05) is 26.2 Å². The van der Waals surface area contributed by atoms with Gasteiger partial charge in [0.1, 0.15) is 12.2 Å². The van der Waals surface area contributed by atoms with E-state index in [4.69, 9.17) is 16.3 Å². The van der Waals surface area contributed by atoms with Crippen LogP contribution in [0.15, 0.2) is 23.1 Å². The smallest absolute Gasteiger partial charge is 0.246 e. The molecule has 0 aromatic heterocycles. The summed E-state index contributed by atoms with van der Waals surface area (Å²) in [4.78, 5) is 11.4. The van der Waals surface area contributed by atoms with Crippen LogP contribution in [-0.2, 0) is 19.6 Å². The first-order valence-electron chi connectivity index (χ1n) is 6.99. The fourth-order valence-corrected chi connectivity index (χ4v) is 4.53. The molecule has 2 saturated heterocycles. The molecule has 1 aromatic carbocycles. The highest BCUT2D eigenvalue weighted by molar-refractivity contribution is 7.89.